The molecule has 0 radical (unpaired) electrons. The van der Waals surface area contributed by atoms with Gasteiger partial charge in [-0.05, 0) is 54.1 Å². The zero-order valence-electron chi connectivity index (χ0n) is 13.2. The SMILES string of the molecule is O=C(CN1CCc2sccc2[C@H]1c1cccs1)N1CCCCC1. The maximum Gasteiger partial charge on any atom is 0.236 e. The van der Waals surface area contributed by atoms with Crippen molar-refractivity contribution in [1.29, 1.82) is 0 Å². The van der Waals surface area contributed by atoms with Gasteiger partial charge in [0.2, 0.25) is 5.91 Å². The van der Waals surface area contributed by atoms with Crippen molar-refractivity contribution in [3.63, 3.8) is 0 Å². The van der Waals surface area contributed by atoms with Gasteiger partial charge in [-0.1, -0.05) is 6.07 Å². The summed E-state index contributed by atoms with van der Waals surface area (Å²) in [7, 11) is 0. The molecule has 4 heterocycles. The van der Waals surface area contributed by atoms with Crippen LogP contribution in [0.3, 0.4) is 0 Å². The lowest BCUT2D eigenvalue weighted by atomic mass is 9.98. The number of amides is 1. The lowest BCUT2D eigenvalue weighted by Gasteiger charge is -2.37. The number of carbonyl (C=O) groups is 1. The fraction of sp³-hybridized carbons (Fsp3) is 0.500. The Balaban J connectivity index is 1.56. The Morgan fingerprint density at radius 3 is 2.74 bits per heavy atom. The van der Waals surface area contributed by atoms with E-state index >= 15 is 0 Å². The molecule has 0 aromatic carbocycles. The second kappa shape index (κ2) is 6.75. The van der Waals surface area contributed by atoms with Crippen molar-refractivity contribution in [2.24, 2.45) is 0 Å². The summed E-state index contributed by atoms with van der Waals surface area (Å²) in [6.07, 6.45) is 4.66. The minimum Gasteiger partial charge on any atom is -0.342 e. The summed E-state index contributed by atoms with van der Waals surface area (Å²) in [5.41, 5.74) is 1.41. The fourth-order valence-corrected chi connectivity index (χ4v) is 5.52. The second-order valence-corrected chi connectivity index (χ2v) is 8.36. The van der Waals surface area contributed by atoms with E-state index < -0.39 is 0 Å². The third kappa shape index (κ3) is 3.10. The van der Waals surface area contributed by atoms with Crippen LogP contribution < -0.4 is 0 Å². The Labute approximate surface area is 145 Å². The molecule has 0 saturated carbocycles. The van der Waals surface area contributed by atoms with Gasteiger partial charge in [-0.3, -0.25) is 9.69 Å². The predicted octanol–water partition coefficient (Wildman–Crippen LogP) is 3.77. The van der Waals surface area contributed by atoms with E-state index in [4.69, 9.17) is 0 Å². The number of hydrogen-bond acceptors (Lipinski definition) is 4. The van der Waals surface area contributed by atoms with E-state index in [-0.39, 0.29) is 6.04 Å². The number of thiophene rings is 2. The van der Waals surface area contributed by atoms with Crippen molar-refractivity contribution in [3.05, 3.63) is 44.3 Å². The van der Waals surface area contributed by atoms with E-state index in [2.05, 4.69) is 38.8 Å². The van der Waals surface area contributed by atoms with E-state index in [0.29, 0.717) is 12.5 Å². The van der Waals surface area contributed by atoms with Crippen LogP contribution in [0.2, 0.25) is 0 Å². The molecule has 2 aliphatic heterocycles. The number of likely N-dealkylation sites (tertiary alicyclic amines) is 1. The van der Waals surface area contributed by atoms with Gasteiger partial charge in [0.25, 0.3) is 0 Å². The highest BCUT2D eigenvalue weighted by Gasteiger charge is 2.32. The Morgan fingerprint density at radius 2 is 1.96 bits per heavy atom. The minimum atomic E-state index is 0.263. The number of piperidine rings is 1. The van der Waals surface area contributed by atoms with E-state index in [9.17, 15) is 4.79 Å². The third-order valence-electron chi connectivity index (χ3n) is 4.93. The first kappa shape index (κ1) is 15.4. The molecule has 122 valence electrons. The van der Waals surface area contributed by atoms with Crippen LogP contribution >= 0.6 is 22.7 Å². The number of hydrogen-bond donors (Lipinski definition) is 0. The van der Waals surface area contributed by atoms with E-state index in [0.717, 1.165) is 38.9 Å². The second-order valence-electron chi connectivity index (χ2n) is 6.38. The van der Waals surface area contributed by atoms with Gasteiger partial charge in [0.1, 0.15) is 0 Å². The molecule has 0 bridgehead atoms. The zero-order chi connectivity index (χ0) is 15.6. The van der Waals surface area contributed by atoms with Gasteiger partial charge in [0, 0.05) is 29.4 Å². The van der Waals surface area contributed by atoms with Gasteiger partial charge >= 0.3 is 0 Å². The summed E-state index contributed by atoms with van der Waals surface area (Å²) in [6.45, 7) is 3.42. The summed E-state index contributed by atoms with van der Waals surface area (Å²) in [4.78, 5) is 20.0. The molecule has 23 heavy (non-hydrogen) atoms. The molecule has 0 unspecified atom stereocenters. The van der Waals surface area contributed by atoms with Crippen molar-refractivity contribution in [1.82, 2.24) is 9.80 Å². The van der Waals surface area contributed by atoms with Gasteiger partial charge in [-0.2, -0.15) is 0 Å². The van der Waals surface area contributed by atoms with Crippen molar-refractivity contribution < 1.29 is 4.79 Å². The van der Waals surface area contributed by atoms with Crippen molar-refractivity contribution >= 4 is 28.6 Å². The number of carbonyl (C=O) groups excluding carboxylic acids is 1. The highest BCUT2D eigenvalue weighted by Crippen LogP contribution is 2.39. The Bertz CT molecular complexity index is 658. The summed E-state index contributed by atoms with van der Waals surface area (Å²) in [6, 6.07) is 6.84. The fourth-order valence-electron chi connectivity index (χ4n) is 3.74. The van der Waals surface area contributed by atoms with Crippen LogP contribution in [0.15, 0.2) is 29.0 Å². The Morgan fingerprint density at radius 1 is 1.09 bits per heavy atom. The number of fused-ring (bicyclic) bond motifs is 1. The van der Waals surface area contributed by atoms with Crippen LogP contribution in [-0.2, 0) is 11.2 Å². The molecule has 1 saturated heterocycles. The van der Waals surface area contributed by atoms with Crippen LogP contribution in [-0.4, -0.2) is 41.9 Å². The van der Waals surface area contributed by atoms with Crippen LogP contribution in [0.4, 0.5) is 0 Å². The van der Waals surface area contributed by atoms with Crippen molar-refractivity contribution in [2.75, 3.05) is 26.2 Å². The number of rotatable bonds is 3. The standard InChI is InChI=1S/C18H22N2OS2/c21-17(19-8-2-1-3-9-19)13-20-10-6-15-14(7-12-23-15)18(20)16-5-4-11-22-16/h4-5,7,11-12,18H,1-3,6,8-10,13H2/t18-/m0/s1. The number of nitrogens with zero attached hydrogens (tertiary/aromatic N) is 2. The molecule has 5 heteroatoms. The van der Waals surface area contributed by atoms with Crippen LogP contribution in [0, 0.1) is 0 Å². The van der Waals surface area contributed by atoms with Gasteiger partial charge in [-0.15, -0.1) is 22.7 Å². The van der Waals surface area contributed by atoms with Gasteiger partial charge < -0.3 is 4.90 Å². The van der Waals surface area contributed by atoms with Gasteiger partial charge in [-0.25, -0.2) is 0 Å². The minimum absolute atomic E-state index is 0.263. The summed E-state index contributed by atoms with van der Waals surface area (Å²) in [5.74, 6) is 0.310. The average Bonchev–Trinajstić information content (AvgIpc) is 3.27. The first-order valence-corrected chi connectivity index (χ1v) is 10.2. The van der Waals surface area contributed by atoms with E-state index in [1.54, 1.807) is 11.3 Å². The maximum atomic E-state index is 12.7. The first-order chi connectivity index (χ1) is 11.3. The lowest BCUT2D eigenvalue weighted by molar-refractivity contribution is -0.133. The van der Waals surface area contributed by atoms with E-state index in [1.807, 2.05) is 11.3 Å². The largest absolute Gasteiger partial charge is 0.342 e. The molecule has 2 aliphatic rings. The molecule has 0 N–H and O–H groups in total. The Hall–Kier alpha value is -1.17. The lowest BCUT2D eigenvalue weighted by Crippen LogP contribution is -2.45. The van der Waals surface area contributed by atoms with Gasteiger partial charge in [0.05, 0.1) is 12.6 Å². The quantitative estimate of drug-likeness (QED) is 0.845. The van der Waals surface area contributed by atoms with Crippen LogP contribution in [0.1, 0.15) is 40.6 Å². The highest BCUT2D eigenvalue weighted by molar-refractivity contribution is 7.10. The molecule has 1 fully saturated rings. The maximum absolute atomic E-state index is 12.7. The van der Waals surface area contributed by atoms with Crippen LogP contribution in [0.5, 0.6) is 0 Å². The molecular weight excluding hydrogens is 324 g/mol. The third-order valence-corrected chi connectivity index (χ3v) is 6.85. The van der Waals surface area contributed by atoms with Crippen molar-refractivity contribution in [3.8, 4) is 0 Å². The monoisotopic (exact) mass is 346 g/mol. The first-order valence-electron chi connectivity index (χ1n) is 8.44. The van der Waals surface area contributed by atoms with E-state index in [1.165, 1.54) is 21.7 Å². The highest BCUT2D eigenvalue weighted by atomic mass is 32.1. The summed E-state index contributed by atoms with van der Waals surface area (Å²) >= 11 is 3.66. The predicted molar refractivity (Wildman–Crippen MR) is 96.2 cm³/mol. The zero-order valence-corrected chi connectivity index (χ0v) is 14.9. The topological polar surface area (TPSA) is 23.6 Å². The molecule has 2 aromatic heterocycles. The van der Waals surface area contributed by atoms with Gasteiger partial charge in [0.15, 0.2) is 0 Å². The molecule has 1 amide bonds. The smallest absolute Gasteiger partial charge is 0.236 e. The van der Waals surface area contributed by atoms with Crippen LogP contribution in [0.25, 0.3) is 0 Å². The Kier molecular flexibility index (Phi) is 4.51. The average molecular weight is 347 g/mol. The molecule has 4 rings (SSSR count). The molecule has 3 nitrogen and oxygen atoms in total. The summed E-state index contributed by atoms with van der Waals surface area (Å²) in [5, 5.41) is 4.34. The van der Waals surface area contributed by atoms with Crippen molar-refractivity contribution in [2.45, 2.75) is 31.7 Å². The molecule has 0 spiro atoms. The normalized spacial score (nSPS) is 22.1. The molecular formula is C18H22N2OS2. The molecule has 2 aromatic rings. The molecule has 0 aliphatic carbocycles. The summed E-state index contributed by atoms with van der Waals surface area (Å²) < 4.78 is 0. The molecule has 1 atom stereocenters.